The van der Waals surface area contributed by atoms with E-state index in [1.165, 1.54) is 27.2 Å². The summed E-state index contributed by atoms with van der Waals surface area (Å²) in [6, 6.07) is 30.7. The van der Waals surface area contributed by atoms with Crippen molar-refractivity contribution in [3.8, 4) is 0 Å². The van der Waals surface area contributed by atoms with Gasteiger partial charge in [0.2, 0.25) is 0 Å². The minimum atomic E-state index is -6.66. The van der Waals surface area contributed by atoms with Gasteiger partial charge in [0.25, 0.3) is 6.10 Å². The van der Waals surface area contributed by atoms with Gasteiger partial charge in [-0.05, 0) is 67.6 Å². The third-order valence-corrected chi connectivity index (χ3v) is 9.62. The predicted octanol–water partition coefficient (Wildman–Crippen LogP) is 8.11. The van der Waals surface area contributed by atoms with Crippen molar-refractivity contribution in [1.82, 2.24) is 0 Å². The largest absolute Gasteiger partial charge is 0.743 e. The summed E-state index contributed by atoms with van der Waals surface area (Å²) in [6.07, 6.45) is -10.3. The van der Waals surface area contributed by atoms with Crippen molar-refractivity contribution in [3.63, 3.8) is 0 Å². The van der Waals surface area contributed by atoms with Gasteiger partial charge in [0.1, 0.15) is 0 Å². The van der Waals surface area contributed by atoms with Gasteiger partial charge in [0.15, 0.2) is 24.8 Å². The molecule has 0 N–H and O–H groups in total. The smallest absolute Gasteiger partial charge is 0.432 e. The number of halogens is 5. The van der Waals surface area contributed by atoms with Crippen molar-refractivity contribution in [2.45, 2.75) is 85.6 Å². The molecule has 0 radical (unpaired) electrons. The molecule has 43 heavy (non-hydrogen) atoms. The van der Waals surface area contributed by atoms with E-state index in [2.05, 4.69) is 110 Å². The number of ether oxygens (including phenoxy) is 1. The maximum atomic E-state index is 13.0. The minimum Gasteiger partial charge on any atom is -0.743 e. The molecule has 1 atom stereocenters. The quantitative estimate of drug-likeness (QED) is 0.107. The minimum absolute atomic E-state index is 0.0495. The van der Waals surface area contributed by atoms with E-state index in [1.54, 1.807) is 0 Å². The fourth-order valence-corrected chi connectivity index (χ4v) is 6.01. The lowest BCUT2D eigenvalue weighted by atomic mass is 9.87. The van der Waals surface area contributed by atoms with E-state index in [0.717, 1.165) is 13.8 Å². The molecule has 0 saturated carbocycles. The molecule has 236 valence electrons. The van der Waals surface area contributed by atoms with E-state index in [4.69, 9.17) is 0 Å². The van der Waals surface area contributed by atoms with E-state index in [-0.39, 0.29) is 22.7 Å². The van der Waals surface area contributed by atoms with Crippen molar-refractivity contribution >= 4 is 27.0 Å². The standard InChI is InChI=1S/C22H23S.C9H13F5O5S/c1-22(2,3)18-14-16-21(17-15-18)23(19-10-6-4-7-11-19)20-12-8-5-9-13-20;1-4-7(2,3)6(15)19-5(8(10,11)12)9(13,14)20(16,17)18/h4-17H,1-3H3;5H,4H2,1-3H3,(H,16,17,18)/q+1;/p-1. The number of esters is 1. The Balaban J connectivity index is 0.000000304. The Labute approximate surface area is 252 Å². The van der Waals surface area contributed by atoms with Crippen LogP contribution in [0.15, 0.2) is 99.6 Å². The van der Waals surface area contributed by atoms with Gasteiger partial charge in [-0.3, -0.25) is 4.79 Å². The number of hydrogen-bond acceptors (Lipinski definition) is 5. The highest BCUT2D eigenvalue weighted by Gasteiger charge is 2.63. The van der Waals surface area contributed by atoms with E-state index in [0.29, 0.717) is 0 Å². The topological polar surface area (TPSA) is 83.5 Å². The molecular weight excluding hydrogens is 611 g/mol. The summed E-state index contributed by atoms with van der Waals surface area (Å²) in [5, 5.41) is -5.81. The number of carbonyl (C=O) groups excluding carboxylic acids is 1. The second kappa shape index (κ2) is 13.8. The van der Waals surface area contributed by atoms with Crippen molar-refractivity contribution in [3.05, 3.63) is 90.5 Å². The lowest BCUT2D eigenvalue weighted by Gasteiger charge is -2.32. The molecule has 3 aromatic carbocycles. The highest BCUT2D eigenvalue weighted by Crippen LogP contribution is 2.39. The zero-order chi connectivity index (χ0) is 32.9. The molecule has 5 nitrogen and oxygen atoms in total. The SMILES string of the molecule is CC(C)(C)c1ccc([S+](c2ccccc2)c2ccccc2)cc1.CCC(C)(C)C(=O)OC(C(F)(F)F)C(F)(F)S(=O)(=O)[O-]. The number of hydrogen-bond donors (Lipinski definition) is 0. The summed E-state index contributed by atoms with van der Waals surface area (Å²) in [7, 11) is -6.71. The molecule has 12 heteroatoms. The van der Waals surface area contributed by atoms with Gasteiger partial charge >= 0.3 is 17.4 Å². The van der Waals surface area contributed by atoms with Crippen molar-refractivity contribution < 1.29 is 44.5 Å². The van der Waals surface area contributed by atoms with Crippen molar-refractivity contribution in [2.75, 3.05) is 0 Å². The third kappa shape index (κ3) is 9.51. The molecule has 1 unspecified atom stereocenters. The van der Waals surface area contributed by atoms with Crippen LogP contribution in [0.5, 0.6) is 0 Å². The predicted molar refractivity (Wildman–Crippen MR) is 155 cm³/mol. The second-order valence-corrected chi connectivity index (χ2v) is 14.8. The Kier molecular flexibility index (Phi) is 11.6. The molecule has 0 saturated heterocycles. The van der Waals surface area contributed by atoms with Gasteiger partial charge in [-0.15, -0.1) is 0 Å². The summed E-state index contributed by atoms with van der Waals surface area (Å²) in [4.78, 5) is 15.5. The first kappa shape index (κ1) is 36.2. The van der Waals surface area contributed by atoms with Crippen LogP contribution in [0.2, 0.25) is 0 Å². The van der Waals surface area contributed by atoms with E-state index in [9.17, 15) is 39.7 Å². The van der Waals surface area contributed by atoms with E-state index in [1.807, 2.05) is 0 Å². The summed E-state index contributed by atoms with van der Waals surface area (Å²) in [5.74, 6) is -1.69. The van der Waals surface area contributed by atoms with Gasteiger partial charge in [-0.1, -0.05) is 76.2 Å². The molecule has 0 spiro atoms. The molecule has 0 aliphatic heterocycles. The Hall–Kier alpha value is -2.96. The lowest BCUT2D eigenvalue weighted by Crippen LogP contribution is -2.53. The zero-order valence-electron chi connectivity index (χ0n) is 24.6. The van der Waals surface area contributed by atoms with Crippen LogP contribution in [-0.2, 0) is 36.0 Å². The fourth-order valence-electron chi connectivity index (χ4n) is 3.48. The van der Waals surface area contributed by atoms with Crippen LogP contribution >= 0.6 is 0 Å². The summed E-state index contributed by atoms with van der Waals surface area (Å²) in [6.45, 7) is 10.4. The van der Waals surface area contributed by atoms with Crippen LogP contribution in [0.25, 0.3) is 0 Å². The lowest BCUT2D eigenvalue weighted by molar-refractivity contribution is -0.262. The Morgan fingerprint density at radius 1 is 0.767 bits per heavy atom. The van der Waals surface area contributed by atoms with Gasteiger partial charge in [0, 0.05) is 0 Å². The first-order chi connectivity index (χ1) is 19.6. The Morgan fingerprint density at radius 3 is 1.49 bits per heavy atom. The van der Waals surface area contributed by atoms with Crippen molar-refractivity contribution in [1.29, 1.82) is 0 Å². The molecule has 0 aromatic heterocycles. The molecular formula is C31H35F5O5S2. The zero-order valence-corrected chi connectivity index (χ0v) is 26.2. The first-order valence-corrected chi connectivity index (χ1v) is 15.8. The number of alkyl halides is 5. The van der Waals surface area contributed by atoms with Gasteiger partial charge in [-0.25, -0.2) is 8.42 Å². The molecule has 0 aliphatic rings. The van der Waals surface area contributed by atoms with Gasteiger partial charge < -0.3 is 9.29 Å². The Bertz CT molecular complexity index is 1400. The first-order valence-electron chi connectivity index (χ1n) is 13.2. The van der Waals surface area contributed by atoms with Crippen LogP contribution < -0.4 is 0 Å². The van der Waals surface area contributed by atoms with E-state index < -0.39 is 39.0 Å². The molecule has 3 rings (SSSR count). The summed E-state index contributed by atoms with van der Waals surface area (Å²) in [5.41, 5.74) is 0.0222. The molecule has 0 bridgehead atoms. The maximum Gasteiger partial charge on any atom is 0.432 e. The van der Waals surface area contributed by atoms with Crippen LogP contribution in [-0.4, -0.2) is 36.5 Å². The molecule has 0 amide bonds. The van der Waals surface area contributed by atoms with E-state index >= 15 is 0 Å². The number of carbonyl (C=O) groups is 1. The average Bonchev–Trinajstić information content (AvgIpc) is 2.91. The van der Waals surface area contributed by atoms with Crippen molar-refractivity contribution in [2.24, 2.45) is 5.41 Å². The Morgan fingerprint density at radius 2 is 1.16 bits per heavy atom. The third-order valence-electron chi connectivity index (χ3n) is 6.51. The number of rotatable bonds is 8. The van der Waals surface area contributed by atoms with Crippen LogP contribution in [0.1, 0.15) is 53.5 Å². The maximum absolute atomic E-state index is 13.0. The fraction of sp³-hybridized carbons (Fsp3) is 0.387. The normalized spacial score (nSPS) is 13.6. The molecule has 3 aromatic rings. The van der Waals surface area contributed by atoms with Crippen LogP contribution in [0, 0.1) is 5.41 Å². The highest BCUT2D eigenvalue weighted by molar-refractivity contribution is 7.97. The number of benzene rings is 3. The van der Waals surface area contributed by atoms with Gasteiger partial charge in [-0.2, -0.15) is 22.0 Å². The monoisotopic (exact) mass is 646 g/mol. The van der Waals surface area contributed by atoms with Crippen LogP contribution in [0.4, 0.5) is 22.0 Å². The molecule has 0 fully saturated rings. The molecule has 0 aliphatic carbocycles. The van der Waals surface area contributed by atoms with Gasteiger partial charge in [0.05, 0.1) is 16.3 Å². The summed E-state index contributed by atoms with van der Waals surface area (Å²) >= 11 is 0. The molecule has 0 heterocycles. The second-order valence-electron chi connectivity index (χ2n) is 11.3. The van der Waals surface area contributed by atoms with Crippen LogP contribution in [0.3, 0.4) is 0 Å². The summed E-state index contributed by atoms with van der Waals surface area (Å²) < 4.78 is 97.7. The highest BCUT2D eigenvalue weighted by atomic mass is 32.2. The average molecular weight is 647 g/mol.